The van der Waals surface area contributed by atoms with E-state index in [0.717, 1.165) is 41.2 Å². The number of carbonyl (C=O) groups is 2. The van der Waals surface area contributed by atoms with Gasteiger partial charge < -0.3 is 20.1 Å². The van der Waals surface area contributed by atoms with Crippen molar-refractivity contribution in [2.45, 2.75) is 39.8 Å². The van der Waals surface area contributed by atoms with Crippen molar-refractivity contribution in [1.82, 2.24) is 19.9 Å². The molecule has 1 aliphatic heterocycles. The molecule has 0 bridgehead atoms. The van der Waals surface area contributed by atoms with E-state index in [1.165, 1.54) is 6.08 Å². The number of carbonyl (C=O) groups excluding carboxylic acids is 2. The Morgan fingerprint density at radius 2 is 1.97 bits per heavy atom. The first-order valence-electron chi connectivity index (χ1n) is 10.8. The molecule has 4 heterocycles. The first-order chi connectivity index (χ1) is 15.4. The van der Waals surface area contributed by atoms with Gasteiger partial charge in [-0.3, -0.25) is 9.59 Å². The molecular weight excluding hydrogens is 404 g/mol. The number of amides is 2. The van der Waals surface area contributed by atoms with E-state index in [1.54, 1.807) is 26.1 Å². The maximum Gasteiger partial charge on any atom is 0.248 e. The molecule has 0 spiro atoms. The summed E-state index contributed by atoms with van der Waals surface area (Å²) in [6.45, 7) is 9.03. The van der Waals surface area contributed by atoms with Gasteiger partial charge in [0.05, 0.1) is 17.6 Å². The molecule has 1 aliphatic rings. The lowest BCUT2D eigenvalue weighted by atomic mass is 10.1. The largest absolute Gasteiger partial charge is 0.352 e. The lowest BCUT2D eigenvalue weighted by Gasteiger charge is -2.44. The summed E-state index contributed by atoms with van der Waals surface area (Å²) in [6, 6.07) is 8.09. The van der Waals surface area contributed by atoms with E-state index in [0.29, 0.717) is 5.69 Å². The van der Waals surface area contributed by atoms with Crippen molar-refractivity contribution in [3.05, 3.63) is 48.8 Å². The minimum absolute atomic E-state index is 0.106. The summed E-state index contributed by atoms with van der Waals surface area (Å²) in [5, 5.41) is 3.71. The highest BCUT2D eigenvalue weighted by Gasteiger charge is 2.31. The third kappa shape index (κ3) is 4.21. The summed E-state index contributed by atoms with van der Waals surface area (Å²) in [6.07, 6.45) is 6.68. The summed E-state index contributed by atoms with van der Waals surface area (Å²) in [4.78, 5) is 40.6. The lowest BCUT2D eigenvalue weighted by molar-refractivity contribution is -0.133. The van der Waals surface area contributed by atoms with Crippen LogP contribution in [0.25, 0.3) is 22.3 Å². The molecule has 0 unspecified atom stereocenters. The van der Waals surface area contributed by atoms with E-state index in [2.05, 4.69) is 34.0 Å². The molecule has 2 N–H and O–H groups in total. The number of fused-ring (bicyclic) bond motifs is 1. The average molecular weight is 433 g/mol. The Hall–Kier alpha value is -3.68. The second-order valence-electron chi connectivity index (χ2n) is 8.22. The minimum Gasteiger partial charge on any atom is -0.352 e. The fourth-order valence-electron chi connectivity index (χ4n) is 4.50. The molecule has 1 saturated heterocycles. The minimum atomic E-state index is -0.196. The number of H-pyrrole nitrogens is 1. The number of hydrogen-bond donors (Lipinski definition) is 2. The van der Waals surface area contributed by atoms with E-state index in [1.807, 2.05) is 35.4 Å². The first-order valence-corrected chi connectivity index (χ1v) is 10.8. The van der Waals surface area contributed by atoms with Gasteiger partial charge in [0.15, 0.2) is 0 Å². The topological polar surface area (TPSA) is 94.2 Å². The van der Waals surface area contributed by atoms with Crippen molar-refractivity contribution in [2.24, 2.45) is 0 Å². The zero-order valence-corrected chi connectivity index (χ0v) is 18.8. The highest BCUT2D eigenvalue weighted by atomic mass is 16.2. The van der Waals surface area contributed by atoms with Gasteiger partial charge in [0.2, 0.25) is 11.8 Å². The fourth-order valence-corrected chi connectivity index (χ4v) is 4.50. The standard InChI is InChI=1S/C24H28N6O2/c1-5-7-23(32)27-18-10-19-20(12-26-24(19)25-11-18)21-8-6-9-22(28-21)29-13-15(2)30(17(4)31)16(3)14-29/h5-12,15-16H,13-14H2,1-4H3,(H,25,26)(H,27,32)/t15-,16+. The van der Waals surface area contributed by atoms with Crippen molar-refractivity contribution < 1.29 is 9.59 Å². The van der Waals surface area contributed by atoms with Crippen LogP contribution in [-0.4, -0.2) is 56.8 Å². The molecule has 32 heavy (non-hydrogen) atoms. The van der Waals surface area contributed by atoms with E-state index in [-0.39, 0.29) is 23.9 Å². The molecule has 0 aliphatic carbocycles. The molecule has 8 nitrogen and oxygen atoms in total. The second-order valence-corrected chi connectivity index (χ2v) is 8.22. The molecule has 0 radical (unpaired) electrons. The van der Waals surface area contributed by atoms with Crippen LogP contribution >= 0.6 is 0 Å². The number of pyridine rings is 2. The second kappa shape index (κ2) is 8.82. The molecular formula is C24H28N6O2. The summed E-state index contributed by atoms with van der Waals surface area (Å²) >= 11 is 0. The third-order valence-electron chi connectivity index (χ3n) is 5.73. The van der Waals surface area contributed by atoms with Crippen LogP contribution in [0.4, 0.5) is 11.5 Å². The van der Waals surface area contributed by atoms with Gasteiger partial charge in [0, 0.05) is 49.2 Å². The summed E-state index contributed by atoms with van der Waals surface area (Å²) in [5.41, 5.74) is 3.09. The molecule has 2 amide bonds. The van der Waals surface area contributed by atoms with Crippen molar-refractivity contribution >= 4 is 34.4 Å². The molecule has 0 aromatic carbocycles. The molecule has 8 heteroatoms. The van der Waals surface area contributed by atoms with E-state index in [4.69, 9.17) is 4.98 Å². The Morgan fingerprint density at radius 3 is 2.66 bits per heavy atom. The van der Waals surface area contributed by atoms with Gasteiger partial charge in [-0.15, -0.1) is 0 Å². The van der Waals surface area contributed by atoms with Gasteiger partial charge in [0.25, 0.3) is 0 Å². The van der Waals surface area contributed by atoms with Crippen molar-refractivity contribution in [1.29, 1.82) is 0 Å². The van der Waals surface area contributed by atoms with Gasteiger partial charge in [0.1, 0.15) is 11.5 Å². The zero-order chi connectivity index (χ0) is 22.8. The number of aromatic nitrogens is 3. The van der Waals surface area contributed by atoms with Gasteiger partial charge in [-0.1, -0.05) is 12.1 Å². The zero-order valence-electron chi connectivity index (χ0n) is 18.8. The summed E-state index contributed by atoms with van der Waals surface area (Å²) < 4.78 is 0. The monoisotopic (exact) mass is 432 g/mol. The predicted molar refractivity (Wildman–Crippen MR) is 126 cm³/mol. The fraction of sp³-hybridized carbons (Fsp3) is 0.333. The summed E-state index contributed by atoms with van der Waals surface area (Å²) in [5.74, 6) is 0.790. The number of hydrogen-bond acceptors (Lipinski definition) is 5. The average Bonchev–Trinajstić information content (AvgIpc) is 3.16. The predicted octanol–water partition coefficient (Wildman–Crippen LogP) is 3.59. The Balaban J connectivity index is 1.63. The van der Waals surface area contributed by atoms with Crippen molar-refractivity contribution in [3.63, 3.8) is 0 Å². The van der Waals surface area contributed by atoms with Crippen molar-refractivity contribution in [3.8, 4) is 11.3 Å². The molecule has 3 aromatic rings. The van der Waals surface area contributed by atoms with E-state index < -0.39 is 0 Å². The van der Waals surface area contributed by atoms with Crippen LogP contribution in [0, 0.1) is 0 Å². The quantitative estimate of drug-likeness (QED) is 0.615. The Bertz CT molecular complexity index is 1170. The van der Waals surface area contributed by atoms with Crippen LogP contribution in [0.1, 0.15) is 27.7 Å². The van der Waals surface area contributed by atoms with Crippen LogP contribution in [0.5, 0.6) is 0 Å². The normalized spacial score (nSPS) is 19.0. The van der Waals surface area contributed by atoms with Crippen molar-refractivity contribution in [2.75, 3.05) is 23.3 Å². The van der Waals surface area contributed by atoms with Crippen LogP contribution in [0.2, 0.25) is 0 Å². The van der Waals surface area contributed by atoms with Gasteiger partial charge in [-0.05, 0) is 45.0 Å². The van der Waals surface area contributed by atoms with Crippen LogP contribution in [0.15, 0.2) is 48.8 Å². The first kappa shape index (κ1) is 21.5. The van der Waals surface area contributed by atoms with Gasteiger partial charge >= 0.3 is 0 Å². The molecule has 3 aromatic heterocycles. The number of anilines is 2. The Labute approximate surface area is 187 Å². The maximum atomic E-state index is 12.0. The number of allylic oxidation sites excluding steroid dienone is 1. The van der Waals surface area contributed by atoms with Gasteiger partial charge in [-0.2, -0.15) is 0 Å². The third-order valence-corrected chi connectivity index (χ3v) is 5.73. The molecule has 4 rings (SSSR count). The Kier molecular flexibility index (Phi) is 5.94. The molecule has 2 atom stereocenters. The number of nitrogens with one attached hydrogen (secondary N) is 2. The maximum absolute atomic E-state index is 12.0. The number of piperazine rings is 1. The van der Waals surface area contributed by atoms with Crippen LogP contribution in [0.3, 0.4) is 0 Å². The lowest BCUT2D eigenvalue weighted by Crippen LogP contribution is -2.58. The van der Waals surface area contributed by atoms with Crippen LogP contribution in [-0.2, 0) is 9.59 Å². The highest BCUT2D eigenvalue weighted by molar-refractivity contribution is 6.01. The number of nitrogens with zero attached hydrogens (tertiary/aromatic N) is 4. The smallest absolute Gasteiger partial charge is 0.248 e. The van der Waals surface area contributed by atoms with E-state index in [9.17, 15) is 9.59 Å². The molecule has 0 saturated carbocycles. The van der Waals surface area contributed by atoms with Gasteiger partial charge in [-0.25, -0.2) is 9.97 Å². The highest BCUT2D eigenvalue weighted by Crippen LogP contribution is 2.30. The number of aromatic amines is 1. The SMILES string of the molecule is CC=CC(=O)Nc1cnc2[nH]cc(-c3cccc(N4C[C@@H](C)N(C(C)=O)[C@@H](C)C4)n3)c2c1. The number of rotatable bonds is 4. The Morgan fingerprint density at radius 1 is 1.22 bits per heavy atom. The molecule has 1 fully saturated rings. The van der Waals surface area contributed by atoms with Crippen LogP contribution < -0.4 is 10.2 Å². The summed E-state index contributed by atoms with van der Waals surface area (Å²) in [7, 11) is 0. The van der Waals surface area contributed by atoms with E-state index >= 15 is 0 Å². The molecule has 166 valence electrons.